The molecule has 14 nitrogen and oxygen atoms in total. The van der Waals surface area contributed by atoms with Gasteiger partial charge in [0.05, 0.1) is 51.8 Å². The second-order valence-electron chi connectivity index (χ2n) is 38.0. The van der Waals surface area contributed by atoms with Gasteiger partial charge in [-0.2, -0.15) is 0 Å². The first-order valence-corrected chi connectivity index (χ1v) is 52.2. The van der Waals surface area contributed by atoms with E-state index in [1.165, 1.54) is 225 Å². The summed E-state index contributed by atoms with van der Waals surface area (Å²) in [5, 5.41) is 0. The number of carbonyl (C=O) groups excluding carboxylic acids is 4. The van der Waals surface area contributed by atoms with Crippen molar-refractivity contribution in [3.05, 3.63) is 0 Å². The maximum atomic E-state index is 13.7. The third kappa shape index (κ3) is 59.5. The number of nitrogens with zero attached hydrogens (tertiary/aromatic N) is 2. The first kappa shape index (κ1) is 112. The molecule has 2 aliphatic heterocycles. The zero-order valence-electron chi connectivity index (χ0n) is 80.7. The largest absolute Gasteiger partial charge is 0.466 e. The van der Waals surface area contributed by atoms with E-state index in [1.807, 2.05) is 0 Å². The predicted molar refractivity (Wildman–Crippen MR) is 498 cm³/mol. The summed E-state index contributed by atoms with van der Waals surface area (Å²) < 4.78 is 50.5. The Morgan fingerprint density at radius 2 is 0.593 bits per heavy atom. The minimum atomic E-state index is -0.465. The molecule has 2 heterocycles. The zero-order valence-corrected chi connectivity index (χ0v) is 80.7. The molecule has 2 aliphatic rings. The van der Waals surface area contributed by atoms with Crippen LogP contribution in [-0.4, -0.2) is 136 Å². The average molecular weight is 1670 g/mol. The second kappa shape index (κ2) is 77.0. The van der Waals surface area contributed by atoms with Crippen molar-refractivity contribution < 1.29 is 57.1 Å². The molecule has 2 rings (SSSR count). The van der Waals surface area contributed by atoms with E-state index in [4.69, 9.17) is 37.9 Å². The van der Waals surface area contributed by atoms with Crippen LogP contribution in [0.1, 0.15) is 507 Å². The summed E-state index contributed by atoms with van der Waals surface area (Å²) in [5.74, 6) is 1.94. The lowest BCUT2D eigenvalue weighted by Gasteiger charge is -2.31. The Hall–Kier alpha value is -2.36. The van der Waals surface area contributed by atoms with Gasteiger partial charge in [0.2, 0.25) is 0 Å². The number of hydrogen-bond donors (Lipinski definition) is 0. The van der Waals surface area contributed by atoms with E-state index in [1.54, 1.807) is 0 Å². The number of unbranched alkanes of at least 4 members (excludes halogenated alkanes) is 36. The molecule has 698 valence electrons. The molecule has 0 N–H and O–H groups in total. The highest BCUT2D eigenvalue weighted by Crippen LogP contribution is 2.40. The Morgan fingerprint density at radius 3 is 0.881 bits per heavy atom. The van der Waals surface area contributed by atoms with E-state index in [0.717, 1.165) is 200 Å². The third-order valence-corrected chi connectivity index (χ3v) is 27.0. The van der Waals surface area contributed by atoms with Crippen LogP contribution < -0.4 is 0 Å². The summed E-state index contributed by atoms with van der Waals surface area (Å²) in [6.45, 7) is 34.7. The molecule has 0 saturated carbocycles. The Labute approximate surface area is 731 Å². The number of hydrogen-bond acceptors (Lipinski definition) is 14. The van der Waals surface area contributed by atoms with Gasteiger partial charge in [0.1, 0.15) is 0 Å². The summed E-state index contributed by atoms with van der Waals surface area (Å²) in [6.07, 6.45) is 73.9. The first-order chi connectivity index (χ1) is 57.5. The first-order valence-electron chi connectivity index (χ1n) is 52.2. The summed E-state index contributed by atoms with van der Waals surface area (Å²) in [4.78, 5) is 57.5. The van der Waals surface area contributed by atoms with Gasteiger partial charge in [-0.05, 0) is 179 Å². The Balaban J connectivity index is 1.76. The van der Waals surface area contributed by atoms with Crippen LogP contribution in [0.3, 0.4) is 0 Å². The van der Waals surface area contributed by atoms with Gasteiger partial charge >= 0.3 is 23.9 Å². The molecule has 118 heavy (non-hydrogen) atoms. The van der Waals surface area contributed by atoms with E-state index in [2.05, 4.69) is 99.9 Å². The van der Waals surface area contributed by atoms with Crippen LogP contribution in [0.2, 0.25) is 0 Å². The van der Waals surface area contributed by atoms with E-state index < -0.39 is 11.6 Å². The molecule has 0 aromatic rings. The highest BCUT2D eigenvalue weighted by Gasteiger charge is 2.42. The van der Waals surface area contributed by atoms with Crippen molar-refractivity contribution in [1.82, 2.24) is 9.80 Å². The van der Waals surface area contributed by atoms with Gasteiger partial charge in [0.25, 0.3) is 0 Å². The molecule has 0 aliphatic carbocycles. The number of ether oxygens (including phenoxy) is 8. The lowest BCUT2D eigenvalue weighted by Crippen LogP contribution is -2.37. The van der Waals surface area contributed by atoms with Crippen molar-refractivity contribution in [1.29, 1.82) is 0 Å². The summed E-state index contributed by atoms with van der Waals surface area (Å²) in [7, 11) is 2.19. The number of carbonyl (C=O) groups is 4. The topological polar surface area (TPSA) is 149 Å². The molecular formula is C104H200N2O12. The van der Waals surface area contributed by atoms with Crippen LogP contribution in [0.25, 0.3) is 0 Å². The summed E-state index contributed by atoms with van der Waals surface area (Å²) in [5.41, 5.74) is 0. The minimum Gasteiger partial charge on any atom is -0.466 e. The zero-order chi connectivity index (χ0) is 86.1. The van der Waals surface area contributed by atoms with Crippen LogP contribution in [-0.2, 0) is 57.1 Å². The third-order valence-electron chi connectivity index (χ3n) is 27.0. The van der Waals surface area contributed by atoms with Gasteiger partial charge in [-0.15, -0.1) is 0 Å². The molecule has 0 bridgehead atoms. The smallest absolute Gasteiger partial charge is 0.306 e. The molecule has 8 atom stereocenters. The van der Waals surface area contributed by atoms with E-state index in [-0.39, 0.29) is 36.1 Å². The number of esters is 4. The number of rotatable bonds is 88. The highest BCUT2D eigenvalue weighted by atomic mass is 16.8. The molecule has 14 heteroatoms. The fourth-order valence-corrected chi connectivity index (χ4v) is 18.9. The SMILES string of the molecule is CCCCCC(CCCCC)CC(=O)OCCCCCCCCCC1(CCCCCCCCCOC(=O)CC(CCCCC)CCC(CC)C(CCC)CC(CCCCC)CC(=O)OCCCCCCCCCC2(CCCCCCCCCOC(=O)CC(CCCCC)CCCCC)OCC(CN(C)C(C)C)O2)OCC(CN(CC)CC)O1. The Bertz CT molecular complexity index is 2250. The van der Waals surface area contributed by atoms with Gasteiger partial charge in [0, 0.05) is 70.5 Å². The van der Waals surface area contributed by atoms with Crippen molar-refractivity contribution in [2.24, 2.45) is 35.5 Å². The molecular weight excluding hydrogens is 1470 g/mol. The second-order valence-corrected chi connectivity index (χ2v) is 38.0. The van der Waals surface area contributed by atoms with Gasteiger partial charge in [-0.1, -0.05) is 332 Å². The molecule has 0 amide bonds. The lowest BCUT2D eigenvalue weighted by atomic mass is 9.75. The normalized spacial score (nSPS) is 18.1. The quantitative estimate of drug-likeness (QED) is 0.0323. The van der Waals surface area contributed by atoms with Crippen LogP contribution >= 0.6 is 0 Å². The van der Waals surface area contributed by atoms with Crippen molar-refractivity contribution >= 4 is 23.9 Å². The van der Waals surface area contributed by atoms with Crippen molar-refractivity contribution in [3.8, 4) is 0 Å². The number of likely N-dealkylation sites (N-methyl/N-ethyl adjacent to an activating group) is 2. The minimum absolute atomic E-state index is 0.00359. The van der Waals surface area contributed by atoms with Crippen LogP contribution in [0.4, 0.5) is 0 Å². The Morgan fingerprint density at radius 1 is 0.314 bits per heavy atom. The standard InChI is InChI=1S/C104H200N2O12/c1-14-24-50-65-91(66-51-25-15-2)82-99(107)111-77-60-46-38-30-34-42-56-73-103(115-88-97(117-103)86-105(13)90(11)12)74-57-43-35-31-41-49-63-80-114-102(110)85-94(70-55-29-19-6)81-96(64-20-7)95(21-8)72-71-93(69-54-28-18-5)84-101(109)113-79-62-48-40-33-37-45-59-76-104(116-89-98(118-104)87-106(22-9)23-10)75-58-44-36-32-39-47-61-78-112-100(108)83-92(67-52-26-16-3)68-53-27-17-4/h90-98H,14-89H2,1-13H3. The van der Waals surface area contributed by atoms with Crippen molar-refractivity contribution in [2.75, 3.05) is 72.9 Å². The van der Waals surface area contributed by atoms with Crippen LogP contribution in [0.5, 0.6) is 0 Å². The van der Waals surface area contributed by atoms with Crippen molar-refractivity contribution in [2.45, 2.75) is 537 Å². The van der Waals surface area contributed by atoms with Crippen molar-refractivity contribution in [3.63, 3.8) is 0 Å². The molecule has 8 unspecified atom stereocenters. The lowest BCUT2D eigenvalue weighted by molar-refractivity contribution is -0.181. The Kier molecular flexibility index (Phi) is 72.9. The summed E-state index contributed by atoms with van der Waals surface area (Å²) >= 11 is 0. The van der Waals surface area contributed by atoms with E-state index in [0.29, 0.717) is 107 Å². The van der Waals surface area contributed by atoms with Gasteiger partial charge in [-0.3, -0.25) is 19.2 Å². The molecule has 0 aromatic carbocycles. The van der Waals surface area contributed by atoms with Crippen LogP contribution in [0, 0.1) is 35.5 Å². The molecule has 0 radical (unpaired) electrons. The highest BCUT2D eigenvalue weighted by molar-refractivity contribution is 5.70. The average Bonchev–Trinajstić information content (AvgIpc) is 1.69. The molecule has 2 saturated heterocycles. The molecule has 2 fully saturated rings. The fraction of sp³-hybridized carbons (Fsp3) is 0.962. The maximum absolute atomic E-state index is 13.7. The van der Waals surface area contributed by atoms with Gasteiger partial charge in [-0.25, -0.2) is 0 Å². The maximum Gasteiger partial charge on any atom is 0.306 e. The fourth-order valence-electron chi connectivity index (χ4n) is 18.9. The van der Waals surface area contributed by atoms with Gasteiger partial charge in [0.15, 0.2) is 11.6 Å². The predicted octanol–water partition coefficient (Wildman–Crippen LogP) is 29.7. The monoisotopic (exact) mass is 1670 g/mol. The van der Waals surface area contributed by atoms with E-state index >= 15 is 0 Å². The van der Waals surface area contributed by atoms with E-state index in [9.17, 15) is 19.2 Å². The molecule has 0 spiro atoms. The van der Waals surface area contributed by atoms with Gasteiger partial charge < -0.3 is 47.7 Å². The molecule has 0 aromatic heterocycles. The van der Waals surface area contributed by atoms with Crippen LogP contribution in [0.15, 0.2) is 0 Å². The summed E-state index contributed by atoms with van der Waals surface area (Å²) in [6, 6.07) is 0.469.